The molecule has 0 heterocycles. The summed E-state index contributed by atoms with van der Waals surface area (Å²) in [4.78, 5) is 0. The second kappa shape index (κ2) is 7.25. The van der Waals surface area contributed by atoms with E-state index in [1.807, 2.05) is 37.3 Å². The van der Waals surface area contributed by atoms with Crippen LogP contribution in [-0.2, 0) is 17.8 Å². The summed E-state index contributed by atoms with van der Waals surface area (Å²) in [7, 11) is 1.69. The Balaban J connectivity index is 2.12. The van der Waals surface area contributed by atoms with Gasteiger partial charge in [0.05, 0.1) is 6.61 Å². The molecule has 0 aromatic heterocycles. The molecule has 3 heteroatoms. The van der Waals surface area contributed by atoms with E-state index >= 15 is 0 Å². The van der Waals surface area contributed by atoms with Crippen molar-refractivity contribution in [1.29, 1.82) is 0 Å². The average Bonchev–Trinajstić information content (AvgIpc) is 2.42. The van der Waals surface area contributed by atoms with Gasteiger partial charge in [-0.25, -0.2) is 0 Å². The van der Waals surface area contributed by atoms with Gasteiger partial charge in [0.1, 0.15) is 11.5 Å². The molecule has 0 spiro atoms. The average molecular weight is 285 g/mol. The smallest absolute Gasteiger partial charge is 0.127 e. The molecular weight excluding hydrogens is 262 g/mol. The van der Waals surface area contributed by atoms with E-state index in [0.29, 0.717) is 6.61 Å². The molecule has 0 aliphatic heterocycles. The van der Waals surface area contributed by atoms with Gasteiger partial charge in [0.25, 0.3) is 0 Å². The lowest BCUT2D eigenvalue weighted by molar-refractivity contribution is 0.184. The van der Waals surface area contributed by atoms with Crippen molar-refractivity contribution < 1.29 is 9.47 Å². The fourth-order valence-corrected chi connectivity index (χ4v) is 2.31. The largest absolute Gasteiger partial charge is 0.457 e. The molecule has 0 amide bonds. The summed E-state index contributed by atoms with van der Waals surface area (Å²) in [5, 5.41) is 0. The van der Waals surface area contributed by atoms with Crippen LogP contribution in [0.2, 0.25) is 0 Å². The highest BCUT2D eigenvalue weighted by atomic mass is 16.5. The summed E-state index contributed by atoms with van der Waals surface area (Å²) >= 11 is 0. The molecule has 112 valence electrons. The van der Waals surface area contributed by atoms with Crippen molar-refractivity contribution in [3.8, 4) is 11.5 Å². The van der Waals surface area contributed by atoms with E-state index in [1.165, 1.54) is 11.1 Å². The van der Waals surface area contributed by atoms with Crippen molar-refractivity contribution in [3.63, 3.8) is 0 Å². The minimum absolute atomic E-state index is 0.168. The first kappa shape index (κ1) is 15.5. The quantitative estimate of drug-likeness (QED) is 0.877. The van der Waals surface area contributed by atoms with Gasteiger partial charge < -0.3 is 15.2 Å². The highest BCUT2D eigenvalue weighted by Crippen LogP contribution is 2.25. The van der Waals surface area contributed by atoms with Gasteiger partial charge in [0.2, 0.25) is 0 Å². The number of hydrogen-bond donors (Lipinski definition) is 1. The Labute approximate surface area is 126 Å². The number of methoxy groups -OCH3 is 1. The van der Waals surface area contributed by atoms with Crippen LogP contribution in [0, 0.1) is 6.92 Å². The Bertz CT molecular complexity index is 594. The Hall–Kier alpha value is -1.84. The zero-order chi connectivity index (χ0) is 15.2. The summed E-state index contributed by atoms with van der Waals surface area (Å²) in [6.45, 7) is 4.70. The van der Waals surface area contributed by atoms with E-state index < -0.39 is 0 Å². The predicted molar refractivity (Wildman–Crippen MR) is 85.8 cm³/mol. The second-order valence-electron chi connectivity index (χ2n) is 5.45. The van der Waals surface area contributed by atoms with Crippen LogP contribution in [0.3, 0.4) is 0 Å². The molecule has 0 bridgehead atoms. The predicted octanol–water partition coefficient (Wildman–Crippen LogP) is 3.82. The molecule has 2 aromatic rings. The van der Waals surface area contributed by atoms with Crippen molar-refractivity contribution in [3.05, 3.63) is 59.2 Å². The summed E-state index contributed by atoms with van der Waals surface area (Å²) in [6.07, 6.45) is 0.884. The molecule has 3 nitrogen and oxygen atoms in total. The van der Waals surface area contributed by atoms with E-state index in [9.17, 15) is 0 Å². The lowest BCUT2D eigenvalue weighted by Gasteiger charge is -2.12. The molecule has 0 radical (unpaired) electrons. The molecule has 0 saturated heterocycles. The van der Waals surface area contributed by atoms with Gasteiger partial charge in [-0.2, -0.15) is 0 Å². The van der Waals surface area contributed by atoms with Crippen LogP contribution < -0.4 is 10.5 Å². The van der Waals surface area contributed by atoms with E-state index in [-0.39, 0.29) is 6.04 Å². The lowest BCUT2D eigenvalue weighted by atomic mass is 10.0. The molecule has 21 heavy (non-hydrogen) atoms. The second-order valence-corrected chi connectivity index (χ2v) is 5.45. The van der Waals surface area contributed by atoms with Crippen LogP contribution in [0.25, 0.3) is 0 Å². The van der Waals surface area contributed by atoms with E-state index in [4.69, 9.17) is 15.2 Å². The van der Waals surface area contributed by atoms with Crippen LogP contribution in [0.5, 0.6) is 11.5 Å². The Kier molecular flexibility index (Phi) is 5.37. The summed E-state index contributed by atoms with van der Waals surface area (Å²) < 4.78 is 11.1. The van der Waals surface area contributed by atoms with Gasteiger partial charge in [-0.3, -0.25) is 0 Å². The summed E-state index contributed by atoms with van der Waals surface area (Å²) in [6, 6.07) is 14.2. The monoisotopic (exact) mass is 285 g/mol. The highest BCUT2D eigenvalue weighted by Gasteiger charge is 2.05. The van der Waals surface area contributed by atoms with Gasteiger partial charge in [0, 0.05) is 13.2 Å². The zero-order valence-corrected chi connectivity index (χ0v) is 12.9. The van der Waals surface area contributed by atoms with Gasteiger partial charge >= 0.3 is 0 Å². The molecule has 1 unspecified atom stereocenters. The maximum Gasteiger partial charge on any atom is 0.127 e. The van der Waals surface area contributed by atoms with E-state index in [2.05, 4.69) is 19.1 Å². The molecule has 2 N–H and O–H groups in total. The maximum absolute atomic E-state index is 5.92. The first-order valence-corrected chi connectivity index (χ1v) is 7.19. The third-order valence-corrected chi connectivity index (χ3v) is 3.30. The number of ether oxygens (including phenoxy) is 2. The standard InChI is InChI=1S/C18H23NO2/c1-13-9-18(8-7-16(13)10-14(2)19)21-17-6-4-5-15(11-17)12-20-3/h4-9,11,14H,10,12,19H2,1-3H3. The normalized spacial score (nSPS) is 12.2. The van der Waals surface area contributed by atoms with Gasteiger partial charge in [-0.15, -0.1) is 0 Å². The first-order valence-electron chi connectivity index (χ1n) is 7.19. The fraction of sp³-hybridized carbons (Fsp3) is 0.333. The summed E-state index contributed by atoms with van der Waals surface area (Å²) in [5.41, 5.74) is 9.43. The minimum Gasteiger partial charge on any atom is -0.457 e. The SMILES string of the molecule is COCc1cccc(Oc2ccc(CC(C)N)c(C)c2)c1. The van der Waals surface area contributed by atoms with E-state index in [0.717, 1.165) is 23.5 Å². The van der Waals surface area contributed by atoms with Gasteiger partial charge in [-0.1, -0.05) is 18.2 Å². The molecule has 2 rings (SSSR count). The van der Waals surface area contributed by atoms with Crippen LogP contribution in [0.4, 0.5) is 0 Å². The molecule has 1 atom stereocenters. The van der Waals surface area contributed by atoms with Crippen molar-refractivity contribution in [2.75, 3.05) is 7.11 Å². The molecular formula is C18H23NO2. The van der Waals surface area contributed by atoms with Crippen LogP contribution in [-0.4, -0.2) is 13.2 Å². The number of benzene rings is 2. The third-order valence-electron chi connectivity index (χ3n) is 3.30. The van der Waals surface area contributed by atoms with Crippen LogP contribution in [0.1, 0.15) is 23.6 Å². The van der Waals surface area contributed by atoms with Gasteiger partial charge in [-0.05, 0) is 61.2 Å². The minimum atomic E-state index is 0.168. The molecule has 0 fully saturated rings. The van der Waals surface area contributed by atoms with Crippen LogP contribution >= 0.6 is 0 Å². The third kappa shape index (κ3) is 4.59. The van der Waals surface area contributed by atoms with Crippen molar-refractivity contribution in [1.82, 2.24) is 0 Å². The fourth-order valence-electron chi connectivity index (χ4n) is 2.31. The first-order chi connectivity index (χ1) is 10.1. The van der Waals surface area contributed by atoms with E-state index in [1.54, 1.807) is 7.11 Å². The maximum atomic E-state index is 5.92. The van der Waals surface area contributed by atoms with Crippen molar-refractivity contribution in [2.45, 2.75) is 32.9 Å². The number of aryl methyl sites for hydroxylation is 1. The van der Waals surface area contributed by atoms with Gasteiger partial charge in [0.15, 0.2) is 0 Å². The Morgan fingerprint density at radius 2 is 1.86 bits per heavy atom. The molecule has 0 saturated carbocycles. The van der Waals surface area contributed by atoms with Crippen molar-refractivity contribution >= 4 is 0 Å². The number of nitrogens with two attached hydrogens (primary N) is 1. The lowest BCUT2D eigenvalue weighted by Crippen LogP contribution is -2.18. The zero-order valence-electron chi connectivity index (χ0n) is 12.9. The highest BCUT2D eigenvalue weighted by molar-refractivity contribution is 5.39. The molecule has 2 aromatic carbocycles. The molecule has 0 aliphatic carbocycles. The topological polar surface area (TPSA) is 44.5 Å². The van der Waals surface area contributed by atoms with Crippen molar-refractivity contribution in [2.24, 2.45) is 5.73 Å². The summed E-state index contributed by atoms with van der Waals surface area (Å²) in [5.74, 6) is 1.67. The Morgan fingerprint density at radius 1 is 1.10 bits per heavy atom. The number of hydrogen-bond acceptors (Lipinski definition) is 3. The number of rotatable bonds is 6. The molecule has 0 aliphatic rings. The Morgan fingerprint density at radius 3 is 2.52 bits per heavy atom. The van der Waals surface area contributed by atoms with Crippen LogP contribution in [0.15, 0.2) is 42.5 Å².